The van der Waals surface area contributed by atoms with Crippen molar-refractivity contribution in [3.63, 3.8) is 0 Å². The number of hydrogen-bond donors (Lipinski definition) is 2. The van der Waals surface area contributed by atoms with Gasteiger partial charge < -0.3 is 24.6 Å². The van der Waals surface area contributed by atoms with Gasteiger partial charge in [0.2, 0.25) is 0 Å². The van der Waals surface area contributed by atoms with E-state index in [-0.39, 0.29) is 47.3 Å². The molecule has 8 nitrogen and oxygen atoms in total. The van der Waals surface area contributed by atoms with Gasteiger partial charge in [-0.1, -0.05) is 6.07 Å². The van der Waals surface area contributed by atoms with Crippen LogP contribution >= 0.6 is 0 Å². The number of hydrogen-bond acceptors (Lipinski definition) is 6. The molecule has 1 amide bonds. The van der Waals surface area contributed by atoms with E-state index in [9.17, 15) is 27.6 Å². The van der Waals surface area contributed by atoms with Crippen molar-refractivity contribution in [3.05, 3.63) is 47.5 Å². The molecule has 0 aliphatic heterocycles. The van der Waals surface area contributed by atoms with Crippen LogP contribution < -0.4 is 19.5 Å². The lowest BCUT2D eigenvalue weighted by Gasteiger charge is -2.18. The summed E-state index contributed by atoms with van der Waals surface area (Å²) in [6.07, 6.45) is -5.53. The number of aliphatic carboxylic acids is 1. The average molecular weight is 483 g/mol. The van der Waals surface area contributed by atoms with E-state index in [1.165, 1.54) is 38.3 Å². The number of anilines is 1. The highest BCUT2D eigenvalue weighted by molar-refractivity contribution is 6.36. The van der Waals surface area contributed by atoms with Gasteiger partial charge >= 0.3 is 18.1 Å². The van der Waals surface area contributed by atoms with Crippen LogP contribution in [0.5, 0.6) is 17.2 Å². The number of ketones is 1. The molecule has 0 aliphatic rings. The Morgan fingerprint density at radius 3 is 2.38 bits per heavy atom. The van der Waals surface area contributed by atoms with E-state index < -0.39 is 30.9 Å². The van der Waals surface area contributed by atoms with Gasteiger partial charge in [-0.2, -0.15) is 13.2 Å². The van der Waals surface area contributed by atoms with Crippen LogP contribution in [-0.4, -0.2) is 49.3 Å². The van der Waals surface area contributed by atoms with Gasteiger partial charge in [-0.3, -0.25) is 9.59 Å². The van der Waals surface area contributed by atoms with Crippen LogP contribution in [0, 0.1) is 0 Å². The smallest absolute Gasteiger partial charge is 0.394 e. The lowest BCUT2D eigenvalue weighted by Crippen LogP contribution is -2.21. The zero-order valence-electron chi connectivity index (χ0n) is 18.5. The normalized spacial score (nSPS) is 11.0. The molecular formula is C23H24F3NO7. The molecule has 2 rings (SSSR count). The minimum atomic E-state index is -4.39. The van der Waals surface area contributed by atoms with Crippen molar-refractivity contribution in [1.29, 1.82) is 0 Å². The molecule has 0 radical (unpaired) electrons. The van der Waals surface area contributed by atoms with Crippen LogP contribution in [0.3, 0.4) is 0 Å². The van der Waals surface area contributed by atoms with Crippen LogP contribution in [0.15, 0.2) is 36.4 Å². The summed E-state index contributed by atoms with van der Waals surface area (Å²) in [6.45, 7) is 1.58. The lowest BCUT2D eigenvalue weighted by molar-refractivity contribution is -0.147. The lowest BCUT2D eigenvalue weighted by atomic mass is 10.0. The number of Topliss-reactive ketones (excluding diaryl/α,β-unsaturated/α-hetero) is 1. The minimum Gasteiger partial charge on any atom is -0.496 e. The monoisotopic (exact) mass is 483 g/mol. The molecule has 2 aromatic rings. The van der Waals surface area contributed by atoms with Crippen molar-refractivity contribution in [2.45, 2.75) is 32.4 Å². The van der Waals surface area contributed by atoms with Gasteiger partial charge in [0.1, 0.15) is 17.2 Å². The summed E-state index contributed by atoms with van der Waals surface area (Å²) in [7, 11) is 1.28. The average Bonchev–Trinajstić information content (AvgIpc) is 2.76. The summed E-state index contributed by atoms with van der Waals surface area (Å²) in [5.41, 5.74) is 0.577. The van der Waals surface area contributed by atoms with Gasteiger partial charge in [0.25, 0.3) is 0 Å². The van der Waals surface area contributed by atoms with E-state index >= 15 is 0 Å². The van der Waals surface area contributed by atoms with Gasteiger partial charge in [-0.25, -0.2) is 4.79 Å². The first-order valence-electron chi connectivity index (χ1n) is 10.2. The topological polar surface area (TPSA) is 111 Å². The van der Waals surface area contributed by atoms with Crippen molar-refractivity contribution < 1.29 is 46.9 Å². The van der Waals surface area contributed by atoms with E-state index in [0.29, 0.717) is 12.2 Å². The predicted octanol–water partition coefficient (Wildman–Crippen LogP) is 4.26. The Morgan fingerprint density at radius 1 is 1.06 bits per heavy atom. The van der Waals surface area contributed by atoms with Crippen LogP contribution in [0.2, 0.25) is 0 Å². The van der Waals surface area contributed by atoms with Crippen LogP contribution in [0.4, 0.5) is 18.9 Å². The zero-order valence-corrected chi connectivity index (χ0v) is 18.5. The fourth-order valence-electron chi connectivity index (χ4n) is 3.04. The molecule has 0 saturated carbocycles. The summed E-state index contributed by atoms with van der Waals surface area (Å²) in [6, 6.07) is 9.01. The number of amides is 1. The second-order valence-electron chi connectivity index (χ2n) is 7.13. The summed E-state index contributed by atoms with van der Waals surface area (Å²) >= 11 is 0. The summed E-state index contributed by atoms with van der Waals surface area (Å²) in [5, 5.41) is 10.8. The third-order valence-electron chi connectivity index (χ3n) is 4.56. The number of ether oxygens (including phenoxy) is 3. The van der Waals surface area contributed by atoms with Gasteiger partial charge in [0.05, 0.1) is 25.9 Å². The third kappa shape index (κ3) is 7.98. The highest BCUT2D eigenvalue weighted by Crippen LogP contribution is 2.36. The number of benzene rings is 2. The van der Waals surface area contributed by atoms with Crippen LogP contribution in [0.1, 0.15) is 35.7 Å². The molecule has 184 valence electrons. The molecule has 0 aromatic heterocycles. The molecule has 0 heterocycles. The number of alkyl halides is 3. The van der Waals surface area contributed by atoms with E-state index in [0.717, 1.165) is 0 Å². The predicted molar refractivity (Wildman–Crippen MR) is 116 cm³/mol. The van der Waals surface area contributed by atoms with E-state index in [4.69, 9.17) is 19.3 Å². The fourth-order valence-corrected chi connectivity index (χ4v) is 3.04. The van der Waals surface area contributed by atoms with Gasteiger partial charge in [0, 0.05) is 30.2 Å². The Hall–Kier alpha value is -3.76. The molecule has 0 saturated heterocycles. The molecule has 2 N–H and O–H groups in total. The molecule has 34 heavy (non-hydrogen) atoms. The van der Waals surface area contributed by atoms with Crippen molar-refractivity contribution in [1.82, 2.24) is 0 Å². The first kappa shape index (κ1) is 26.5. The maximum atomic E-state index is 12.8. The Bertz CT molecular complexity index is 1040. The fraction of sp³-hybridized carbons (Fsp3) is 0.348. The first-order chi connectivity index (χ1) is 16.0. The number of carbonyl (C=O) groups excluding carboxylic acids is 2. The second-order valence-corrected chi connectivity index (χ2v) is 7.13. The summed E-state index contributed by atoms with van der Waals surface area (Å²) in [5.74, 6) is -2.52. The number of carboxylic acid groups (broad SMARTS) is 1. The summed E-state index contributed by atoms with van der Waals surface area (Å²) in [4.78, 5) is 33.7. The number of methoxy groups -OCH3 is 1. The number of nitrogens with one attached hydrogen (secondary N) is 1. The second kappa shape index (κ2) is 11.9. The minimum absolute atomic E-state index is 0.0609. The SMILES string of the molecule is COc1c(C(C)=O)ccc(OCCCOc2cccc(NC(=O)C(=O)O)c2)c1CCC(F)(F)F. The summed E-state index contributed by atoms with van der Waals surface area (Å²) < 4.78 is 54.8. The Labute approximate surface area is 193 Å². The standard InChI is InChI=1S/C23H24F3NO7/c1-14(28)17-7-8-19(18(20(17)32-2)9-10-23(24,25)26)34-12-4-11-33-16-6-3-5-15(13-16)27-21(29)22(30)31/h3,5-8,13H,4,9-12H2,1-2H3,(H,27,29)(H,30,31). The number of halogens is 3. The molecule has 0 spiro atoms. The van der Waals surface area contributed by atoms with Gasteiger partial charge in [-0.15, -0.1) is 0 Å². The number of carboxylic acids is 1. The van der Waals surface area contributed by atoms with Crippen LogP contribution in [0.25, 0.3) is 0 Å². The Kier molecular flexibility index (Phi) is 9.28. The molecule has 0 fully saturated rings. The van der Waals surface area contributed by atoms with Crippen LogP contribution in [-0.2, 0) is 16.0 Å². The van der Waals surface area contributed by atoms with E-state index in [2.05, 4.69) is 5.32 Å². The molecule has 2 aromatic carbocycles. The number of rotatable bonds is 11. The number of carbonyl (C=O) groups is 3. The van der Waals surface area contributed by atoms with E-state index in [1.807, 2.05) is 0 Å². The maximum Gasteiger partial charge on any atom is 0.394 e. The molecular weight excluding hydrogens is 459 g/mol. The Morgan fingerprint density at radius 2 is 1.76 bits per heavy atom. The van der Waals surface area contributed by atoms with Gasteiger partial charge in [0.15, 0.2) is 5.78 Å². The van der Waals surface area contributed by atoms with E-state index in [1.54, 1.807) is 12.1 Å². The molecule has 11 heteroatoms. The quantitative estimate of drug-likeness (QED) is 0.279. The largest absolute Gasteiger partial charge is 0.496 e. The van der Waals surface area contributed by atoms with Crippen molar-refractivity contribution in [2.75, 3.05) is 25.6 Å². The van der Waals surface area contributed by atoms with Crippen molar-refractivity contribution in [3.8, 4) is 17.2 Å². The maximum absolute atomic E-state index is 12.8. The Balaban J connectivity index is 1.99. The molecule has 0 bridgehead atoms. The first-order valence-corrected chi connectivity index (χ1v) is 10.2. The molecule has 0 atom stereocenters. The molecule has 0 unspecified atom stereocenters. The van der Waals surface area contributed by atoms with Gasteiger partial charge in [-0.05, 0) is 37.6 Å². The highest BCUT2D eigenvalue weighted by Gasteiger charge is 2.29. The van der Waals surface area contributed by atoms with Crippen molar-refractivity contribution >= 4 is 23.3 Å². The highest BCUT2D eigenvalue weighted by atomic mass is 19.4. The zero-order chi connectivity index (χ0) is 25.3. The third-order valence-corrected chi connectivity index (χ3v) is 4.56. The van der Waals surface area contributed by atoms with Crippen molar-refractivity contribution in [2.24, 2.45) is 0 Å². The molecule has 0 aliphatic carbocycles.